The number of hydrogen-bond acceptors (Lipinski definition) is 5. The van der Waals surface area contributed by atoms with Crippen molar-refractivity contribution in [3.8, 4) is 67.3 Å². The molecule has 4 aromatic heterocycles. The fourth-order valence-electron chi connectivity index (χ4n) is 8.50. The van der Waals surface area contributed by atoms with Crippen LogP contribution >= 0.6 is 0 Å². The largest absolute Gasteiger partial charge is 0.456 e. The van der Waals surface area contributed by atoms with E-state index in [0.29, 0.717) is 5.82 Å². The lowest BCUT2D eigenvalue weighted by Crippen LogP contribution is -1.96. The van der Waals surface area contributed by atoms with Crippen molar-refractivity contribution in [2.45, 2.75) is 0 Å². The van der Waals surface area contributed by atoms with Gasteiger partial charge in [0.25, 0.3) is 0 Å². The third-order valence-corrected chi connectivity index (χ3v) is 11.6. The second kappa shape index (κ2) is 13.8. The first kappa shape index (κ1) is 33.9. The number of rotatable bonds is 6. The number of hydrogen-bond donors (Lipinski definition) is 0. The van der Waals surface area contributed by atoms with Gasteiger partial charge in [-0.3, -0.25) is 4.98 Å². The molecule has 4 heterocycles. The summed E-state index contributed by atoms with van der Waals surface area (Å²) in [6.45, 7) is 0. The van der Waals surface area contributed by atoms with Gasteiger partial charge in [0.05, 0.1) is 11.4 Å². The van der Waals surface area contributed by atoms with Gasteiger partial charge < -0.3 is 8.83 Å². The SMILES string of the molecule is c1ccc(-c2nc(-c3ccc(-c4ccc5oc6ccc(-c7ccc8oc9ccccc9c8c7)cc6c5c4)cc3)cc(-c3ccc(-c4cncc5ccccc45)cc3)n2)cc1. The number of pyridine rings is 1. The highest BCUT2D eigenvalue weighted by Gasteiger charge is 2.15. The Morgan fingerprint density at radius 3 is 1.40 bits per heavy atom. The number of para-hydroxylation sites is 1. The first-order chi connectivity index (χ1) is 29.7. The highest BCUT2D eigenvalue weighted by molar-refractivity contribution is 6.09. The molecule has 0 atom stereocenters. The van der Waals surface area contributed by atoms with Crippen molar-refractivity contribution in [2.24, 2.45) is 0 Å². The van der Waals surface area contributed by atoms with Crippen LogP contribution in [0.2, 0.25) is 0 Å². The summed E-state index contributed by atoms with van der Waals surface area (Å²) in [7, 11) is 0. The lowest BCUT2D eigenvalue weighted by Gasteiger charge is -2.11. The average Bonchev–Trinajstić information content (AvgIpc) is 3.89. The summed E-state index contributed by atoms with van der Waals surface area (Å²) in [4.78, 5) is 14.7. The normalized spacial score (nSPS) is 11.7. The zero-order valence-corrected chi connectivity index (χ0v) is 32.2. The van der Waals surface area contributed by atoms with E-state index in [0.717, 1.165) is 111 Å². The summed E-state index contributed by atoms with van der Waals surface area (Å²) in [5, 5.41) is 6.71. The van der Waals surface area contributed by atoms with Gasteiger partial charge in [-0.05, 0) is 81.7 Å². The Hall–Kier alpha value is -8.15. The maximum Gasteiger partial charge on any atom is 0.160 e. The number of fused-ring (bicyclic) bond motifs is 7. The first-order valence-electron chi connectivity index (χ1n) is 20.1. The zero-order valence-electron chi connectivity index (χ0n) is 32.2. The topological polar surface area (TPSA) is 65.0 Å². The summed E-state index contributed by atoms with van der Waals surface area (Å²) >= 11 is 0. The molecule has 0 N–H and O–H groups in total. The Bertz CT molecular complexity index is 3580. The predicted molar refractivity (Wildman–Crippen MR) is 245 cm³/mol. The zero-order chi connectivity index (χ0) is 39.6. The molecule has 12 rings (SSSR count). The standard InChI is InChI=1S/C55H33N3O2/c1-2-8-38(9-3-1)55-57-49(31-50(58-55)37-20-16-35(17-21-37)48-33-56-32-42-10-4-5-11-43(42)48)36-18-14-34(15-19-36)39-22-25-53-46(28-39)47-30-41(24-27-54(47)60-53)40-23-26-52-45(29-40)44-12-6-7-13-51(44)59-52/h1-33H. The van der Waals surface area contributed by atoms with Crippen LogP contribution in [0.25, 0.3) is 122 Å². The Kier molecular flexibility index (Phi) is 7.78. The monoisotopic (exact) mass is 767 g/mol. The first-order valence-corrected chi connectivity index (χ1v) is 20.1. The van der Waals surface area contributed by atoms with Crippen LogP contribution in [0.3, 0.4) is 0 Å². The lowest BCUT2D eigenvalue weighted by atomic mass is 9.98. The Morgan fingerprint density at radius 2 is 0.767 bits per heavy atom. The fraction of sp³-hybridized carbons (Fsp3) is 0. The molecule has 0 aliphatic heterocycles. The third-order valence-electron chi connectivity index (χ3n) is 11.6. The molecule has 0 fully saturated rings. The van der Waals surface area contributed by atoms with Gasteiger partial charge in [0.2, 0.25) is 0 Å². The average molecular weight is 768 g/mol. The fourth-order valence-corrected chi connectivity index (χ4v) is 8.50. The molecule has 12 aromatic rings. The molecule has 0 saturated heterocycles. The van der Waals surface area contributed by atoms with Crippen molar-refractivity contribution < 1.29 is 8.83 Å². The number of furan rings is 2. The van der Waals surface area contributed by atoms with Gasteiger partial charge in [0, 0.05) is 61.6 Å². The van der Waals surface area contributed by atoms with E-state index in [-0.39, 0.29) is 0 Å². The lowest BCUT2D eigenvalue weighted by molar-refractivity contribution is 0.668. The molecule has 0 radical (unpaired) electrons. The Labute approximate surface area is 344 Å². The van der Waals surface area contributed by atoms with E-state index in [2.05, 4.69) is 157 Å². The summed E-state index contributed by atoms with van der Waals surface area (Å²) in [5.41, 5.74) is 14.9. The van der Waals surface area contributed by atoms with Crippen LogP contribution in [0.5, 0.6) is 0 Å². The van der Waals surface area contributed by atoms with Crippen molar-refractivity contribution >= 4 is 54.6 Å². The van der Waals surface area contributed by atoms with Crippen LogP contribution in [-0.4, -0.2) is 15.0 Å². The summed E-state index contributed by atoms with van der Waals surface area (Å²) in [6, 6.07) is 65.4. The van der Waals surface area contributed by atoms with E-state index in [4.69, 9.17) is 18.8 Å². The van der Waals surface area contributed by atoms with E-state index in [1.807, 2.05) is 48.8 Å². The Morgan fingerprint density at radius 1 is 0.300 bits per heavy atom. The molecule has 0 spiro atoms. The highest BCUT2D eigenvalue weighted by atomic mass is 16.3. The minimum atomic E-state index is 0.684. The highest BCUT2D eigenvalue weighted by Crippen LogP contribution is 2.38. The molecular weight excluding hydrogens is 735 g/mol. The molecule has 280 valence electrons. The van der Waals surface area contributed by atoms with Crippen molar-refractivity contribution in [1.82, 2.24) is 15.0 Å². The van der Waals surface area contributed by atoms with Crippen LogP contribution in [0.15, 0.2) is 209 Å². The number of benzene rings is 8. The maximum absolute atomic E-state index is 6.34. The van der Waals surface area contributed by atoms with Gasteiger partial charge in [-0.25, -0.2) is 9.97 Å². The van der Waals surface area contributed by atoms with Crippen LogP contribution in [0, 0.1) is 0 Å². The second-order valence-corrected chi connectivity index (χ2v) is 15.2. The van der Waals surface area contributed by atoms with Gasteiger partial charge in [-0.2, -0.15) is 0 Å². The molecule has 0 unspecified atom stereocenters. The van der Waals surface area contributed by atoms with Crippen LogP contribution in [0.4, 0.5) is 0 Å². The van der Waals surface area contributed by atoms with Crippen molar-refractivity contribution in [1.29, 1.82) is 0 Å². The number of aromatic nitrogens is 3. The Balaban J connectivity index is 0.887. The second-order valence-electron chi connectivity index (χ2n) is 15.2. The molecule has 5 heteroatoms. The quantitative estimate of drug-likeness (QED) is 0.169. The minimum absolute atomic E-state index is 0.684. The molecule has 8 aromatic carbocycles. The van der Waals surface area contributed by atoms with Gasteiger partial charge >= 0.3 is 0 Å². The predicted octanol–water partition coefficient (Wildman–Crippen LogP) is 14.8. The van der Waals surface area contributed by atoms with Crippen LogP contribution in [0.1, 0.15) is 0 Å². The van der Waals surface area contributed by atoms with E-state index in [9.17, 15) is 0 Å². The molecule has 0 aliphatic rings. The van der Waals surface area contributed by atoms with E-state index in [1.54, 1.807) is 0 Å². The smallest absolute Gasteiger partial charge is 0.160 e. The minimum Gasteiger partial charge on any atom is -0.456 e. The number of nitrogens with zero attached hydrogens (tertiary/aromatic N) is 3. The summed E-state index contributed by atoms with van der Waals surface area (Å²) in [5.74, 6) is 0.684. The molecule has 0 saturated carbocycles. The van der Waals surface area contributed by atoms with Gasteiger partial charge in [-0.1, -0.05) is 140 Å². The van der Waals surface area contributed by atoms with Crippen LogP contribution < -0.4 is 0 Å². The molecule has 0 aliphatic carbocycles. The van der Waals surface area contributed by atoms with Gasteiger partial charge in [0.15, 0.2) is 5.82 Å². The summed E-state index contributed by atoms with van der Waals surface area (Å²) < 4.78 is 12.4. The van der Waals surface area contributed by atoms with Crippen molar-refractivity contribution in [3.05, 3.63) is 200 Å². The van der Waals surface area contributed by atoms with Crippen LogP contribution in [-0.2, 0) is 0 Å². The van der Waals surface area contributed by atoms with E-state index < -0.39 is 0 Å². The van der Waals surface area contributed by atoms with Crippen molar-refractivity contribution in [3.63, 3.8) is 0 Å². The van der Waals surface area contributed by atoms with Crippen molar-refractivity contribution in [2.75, 3.05) is 0 Å². The third kappa shape index (κ3) is 5.83. The molecule has 0 bridgehead atoms. The van der Waals surface area contributed by atoms with E-state index >= 15 is 0 Å². The summed E-state index contributed by atoms with van der Waals surface area (Å²) in [6.07, 6.45) is 3.85. The molecule has 5 nitrogen and oxygen atoms in total. The van der Waals surface area contributed by atoms with Gasteiger partial charge in [0.1, 0.15) is 22.3 Å². The molecule has 60 heavy (non-hydrogen) atoms. The van der Waals surface area contributed by atoms with E-state index in [1.165, 1.54) is 5.39 Å². The maximum atomic E-state index is 6.34. The molecular formula is C55H33N3O2. The van der Waals surface area contributed by atoms with Gasteiger partial charge in [-0.15, -0.1) is 0 Å². The molecule has 0 amide bonds.